The minimum Gasteiger partial charge on any atom is -0.872 e. The first kappa shape index (κ1) is 12.5. The van der Waals surface area contributed by atoms with Crippen molar-refractivity contribution in [1.82, 2.24) is 5.32 Å². The number of nitrogens with zero attached hydrogens (tertiary/aromatic N) is 1. The highest BCUT2D eigenvalue weighted by Crippen LogP contribution is 2.29. The second-order valence-corrected chi connectivity index (χ2v) is 5.05. The maximum absolute atomic E-state index is 11.5. The summed E-state index contributed by atoms with van der Waals surface area (Å²) in [5, 5.41) is 24.5. The Hall–Kier alpha value is -1.93. The summed E-state index contributed by atoms with van der Waals surface area (Å²) >= 11 is 5.81. The zero-order valence-electron chi connectivity index (χ0n) is 8.71. The van der Waals surface area contributed by atoms with Gasteiger partial charge in [0.2, 0.25) is 0 Å². The van der Waals surface area contributed by atoms with Gasteiger partial charge in [0.1, 0.15) is 4.32 Å². The largest absolute Gasteiger partial charge is 0.872 e. The van der Waals surface area contributed by atoms with Crippen LogP contribution in [0.15, 0.2) is 23.1 Å². The zero-order valence-corrected chi connectivity index (χ0v) is 10.3. The molecule has 1 aliphatic heterocycles. The second kappa shape index (κ2) is 4.75. The summed E-state index contributed by atoms with van der Waals surface area (Å²) in [4.78, 5) is 21.6. The summed E-state index contributed by atoms with van der Waals surface area (Å²) in [5.41, 5.74) is -0.112. The molecule has 1 aromatic rings. The number of carbonyl (C=O) groups is 1. The number of benzene rings is 1. The van der Waals surface area contributed by atoms with Crippen LogP contribution in [0, 0.1) is 10.1 Å². The number of nitro groups is 1. The normalized spacial score (nSPS) is 17.0. The van der Waals surface area contributed by atoms with Crippen LogP contribution >= 0.6 is 24.0 Å². The van der Waals surface area contributed by atoms with Gasteiger partial charge in [-0.15, -0.1) is 5.75 Å². The smallest absolute Gasteiger partial charge is 0.269 e. The molecule has 1 aromatic carbocycles. The summed E-state index contributed by atoms with van der Waals surface area (Å²) in [6.07, 6.45) is 1.30. The number of amides is 1. The molecule has 0 aliphatic carbocycles. The lowest BCUT2D eigenvalue weighted by Crippen LogP contribution is -2.17. The van der Waals surface area contributed by atoms with Crippen molar-refractivity contribution in [1.29, 1.82) is 0 Å². The number of carbonyl (C=O) groups excluding carboxylic acids is 1. The van der Waals surface area contributed by atoms with Gasteiger partial charge in [0, 0.05) is 12.1 Å². The number of thioether (sulfide) groups is 1. The van der Waals surface area contributed by atoms with Gasteiger partial charge in [-0.2, -0.15) is 0 Å². The van der Waals surface area contributed by atoms with Crippen LogP contribution in [-0.4, -0.2) is 15.2 Å². The summed E-state index contributed by atoms with van der Waals surface area (Å²) < 4.78 is 0.295. The van der Waals surface area contributed by atoms with E-state index in [9.17, 15) is 20.0 Å². The molecule has 0 unspecified atom stereocenters. The van der Waals surface area contributed by atoms with Gasteiger partial charge < -0.3 is 10.4 Å². The maximum Gasteiger partial charge on any atom is 0.269 e. The van der Waals surface area contributed by atoms with E-state index < -0.39 is 10.8 Å². The fourth-order valence-corrected chi connectivity index (χ4v) is 2.36. The van der Waals surface area contributed by atoms with Crippen molar-refractivity contribution in [3.8, 4) is 5.75 Å². The van der Waals surface area contributed by atoms with Gasteiger partial charge in [-0.1, -0.05) is 30.0 Å². The van der Waals surface area contributed by atoms with Crippen molar-refractivity contribution in [2.45, 2.75) is 0 Å². The van der Waals surface area contributed by atoms with Gasteiger partial charge in [-0.25, -0.2) is 0 Å². The van der Waals surface area contributed by atoms with Crippen molar-refractivity contribution in [3.63, 3.8) is 0 Å². The molecule has 0 radical (unpaired) electrons. The molecule has 1 aliphatic rings. The zero-order chi connectivity index (χ0) is 13.3. The molecule has 1 heterocycles. The van der Waals surface area contributed by atoms with E-state index in [1.165, 1.54) is 6.08 Å². The topological polar surface area (TPSA) is 95.3 Å². The lowest BCUT2D eigenvalue weighted by atomic mass is 10.1. The summed E-state index contributed by atoms with van der Waals surface area (Å²) in [7, 11) is 0. The van der Waals surface area contributed by atoms with Gasteiger partial charge >= 0.3 is 0 Å². The van der Waals surface area contributed by atoms with Crippen LogP contribution in [0.1, 0.15) is 5.56 Å². The number of non-ortho nitro benzene ring substituents is 1. The molecule has 0 bridgehead atoms. The average Bonchev–Trinajstić information content (AvgIpc) is 2.60. The Morgan fingerprint density at radius 3 is 2.72 bits per heavy atom. The number of nitro benzene ring substituents is 1. The molecular weight excluding hydrogens is 276 g/mol. The SMILES string of the molecule is O=C1NC(=S)S/C1=C\c1cc([N+](=O)[O-])ccc1[O-]. The van der Waals surface area contributed by atoms with Gasteiger partial charge in [-0.3, -0.25) is 14.9 Å². The first-order chi connectivity index (χ1) is 8.47. The second-order valence-electron chi connectivity index (χ2n) is 3.33. The Morgan fingerprint density at radius 1 is 1.44 bits per heavy atom. The van der Waals surface area contributed by atoms with Crippen molar-refractivity contribution in [2.75, 3.05) is 0 Å². The third-order valence-corrected chi connectivity index (χ3v) is 3.30. The molecule has 8 heteroatoms. The van der Waals surface area contributed by atoms with Crippen molar-refractivity contribution >= 4 is 46.0 Å². The number of thiocarbonyl (C=S) groups is 1. The Bertz CT molecular complexity index is 598. The molecule has 0 spiro atoms. The molecule has 1 fully saturated rings. The van der Waals surface area contributed by atoms with E-state index in [2.05, 4.69) is 5.32 Å². The van der Waals surface area contributed by atoms with Gasteiger partial charge in [0.05, 0.1) is 9.83 Å². The molecule has 92 valence electrons. The number of hydrogen-bond acceptors (Lipinski definition) is 6. The van der Waals surface area contributed by atoms with E-state index >= 15 is 0 Å². The van der Waals surface area contributed by atoms with E-state index in [4.69, 9.17) is 12.2 Å². The number of rotatable bonds is 2. The predicted molar refractivity (Wildman–Crippen MR) is 68.9 cm³/mol. The Labute approximate surface area is 111 Å². The molecule has 1 N–H and O–H groups in total. The highest BCUT2D eigenvalue weighted by molar-refractivity contribution is 8.26. The quantitative estimate of drug-likeness (QED) is 0.378. The third kappa shape index (κ3) is 2.49. The maximum atomic E-state index is 11.5. The van der Waals surface area contributed by atoms with Gasteiger partial charge in [0.25, 0.3) is 11.6 Å². The van der Waals surface area contributed by atoms with Crippen LogP contribution in [0.25, 0.3) is 6.08 Å². The van der Waals surface area contributed by atoms with Crippen LogP contribution in [0.3, 0.4) is 0 Å². The molecule has 1 amide bonds. The monoisotopic (exact) mass is 281 g/mol. The molecule has 0 atom stereocenters. The van der Waals surface area contributed by atoms with Crippen LogP contribution in [0.2, 0.25) is 0 Å². The fraction of sp³-hybridized carbons (Fsp3) is 0. The Kier molecular flexibility index (Phi) is 3.30. The van der Waals surface area contributed by atoms with Gasteiger partial charge in [0.15, 0.2) is 0 Å². The first-order valence-corrected chi connectivity index (χ1v) is 5.90. The van der Waals surface area contributed by atoms with Crippen LogP contribution < -0.4 is 10.4 Å². The molecule has 2 rings (SSSR count). The fourth-order valence-electron chi connectivity index (χ4n) is 1.32. The molecule has 1 saturated heterocycles. The molecular formula is C10H5N2O4S2-. The number of nitrogens with one attached hydrogen (secondary N) is 1. The van der Waals surface area contributed by atoms with Crippen molar-refractivity contribution in [3.05, 3.63) is 38.8 Å². The van der Waals surface area contributed by atoms with Gasteiger partial charge in [-0.05, 0) is 11.6 Å². The standard InChI is InChI=1S/C10H6N2O4S2/c13-7-2-1-6(12(15)16)3-5(7)4-8-9(14)11-10(17)18-8/h1-4,13H,(H,11,14,17)/p-1/b8-4-. The highest BCUT2D eigenvalue weighted by atomic mass is 32.2. The molecule has 6 nitrogen and oxygen atoms in total. The summed E-state index contributed by atoms with van der Waals surface area (Å²) in [5.74, 6) is -0.796. The molecule has 0 saturated carbocycles. The van der Waals surface area contributed by atoms with Crippen LogP contribution in [0.4, 0.5) is 5.69 Å². The minimum atomic E-state index is -0.603. The average molecular weight is 281 g/mol. The van der Waals surface area contributed by atoms with E-state index in [1.54, 1.807) is 0 Å². The first-order valence-electron chi connectivity index (χ1n) is 4.67. The van der Waals surface area contributed by atoms with E-state index in [-0.39, 0.29) is 21.9 Å². The Balaban J connectivity index is 2.42. The van der Waals surface area contributed by atoms with Crippen LogP contribution in [-0.2, 0) is 4.79 Å². The van der Waals surface area contributed by atoms with E-state index in [0.717, 1.165) is 30.0 Å². The summed E-state index contributed by atoms with van der Waals surface area (Å²) in [6, 6.07) is 3.35. The van der Waals surface area contributed by atoms with E-state index in [1.807, 2.05) is 0 Å². The third-order valence-electron chi connectivity index (χ3n) is 2.13. The van der Waals surface area contributed by atoms with E-state index in [0.29, 0.717) is 4.32 Å². The Morgan fingerprint density at radius 2 is 2.17 bits per heavy atom. The molecule has 18 heavy (non-hydrogen) atoms. The number of hydrogen-bond donors (Lipinski definition) is 1. The van der Waals surface area contributed by atoms with Crippen LogP contribution in [0.5, 0.6) is 5.75 Å². The van der Waals surface area contributed by atoms with Crippen molar-refractivity contribution in [2.24, 2.45) is 0 Å². The lowest BCUT2D eigenvalue weighted by molar-refractivity contribution is -0.385. The molecule has 0 aromatic heterocycles. The van der Waals surface area contributed by atoms with Crippen molar-refractivity contribution < 1.29 is 14.8 Å². The highest BCUT2D eigenvalue weighted by Gasteiger charge is 2.22. The summed E-state index contributed by atoms with van der Waals surface area (Å²) in [6.45, 7) is 0. The predicted octanol–water partition coefficient (Wildman–Crippen LogP) is 1.16. The minimum absolute atomic E-state index is 0.0894. The lowest BCUT2D eigenvalue weighted by Gasteiger charge is -2.09.